The molecule has 4 atom stereocenters. The summed E-state index contributed by atoms with van der Waals surface area (Å²) in [7, 11) is 0. The third kappa shape index (κ3) is 4.79. The number of rotatable bonds is 5. The summed E-state index contributed by atoms with van der Waals surface area (Å²) >= 11 is 2.47. The molecule has 13 heteroatoms. The van der Waals surface area contributed by atoms with E-state index in [0.29, 0.717) is 0 Å². The van der Waals surface area contributed by atoms with Gasteiger partial charge in [-0.2, -0.15) is 11.3 Å². The van der Waals surface area contributed by atoms with Crippen molar-refractivity contribution in [1.29, 1.82) is 0 Å². The summed E-state index contributed by atoms with van der Waals surface area (Å²) < 4.78 is -0.778. The van der Waals surface area contributed by atoms with Gasteiger partial charge in [-0.05, 0) is 36.2 Å². The number of carboxylic acids is 2. The molecule has 28 heavy (non-hydrogen) atoms. The minimum absolute atomic E-state index is 0. The van der Waals surface area contributed by atoms with Crippen molar-refractivity contribution in [2.75, 3.05) is 0 Å². The van der Waals surface area contributed by atoms with Gasteiger partial charge in [0.1, 0.15) is 17.3 Å². The average molecular weight is 446 g/mol. The summed E-state index contributed by atoms with van der Waals surface area (Å²) in [5.74, 6) is -5.86. The molecule has 0 aliphatic carbocycles. The van der Waals surface area contributed by atoms with Crippen LogP contribution in [0, 0.1) is 0 Å². The molecule has 1 aromatic rings. The fraction of sp³-hybridized carbons (Fsp3) is 0.467. The van der Waals surface area contributed by atoms with E-state index < -0.39 is 51.9 Å². The molecule has 1 aromatic heterocycles. The zero-order valence-electron chi connectivity index (χ0n) is 15.8. The Morgan fingerprint density at radius 1 is 1.25 bits per heavy atom. The standard InChI is InChI=1S/C15H16N2O6S2.2Na.H2O/c1-15(2)9(14(22)23)17-11(19)8(12(17)25-15)16-10(18)7(13(20)21)6-3-4-24-5-6;;;/h3-5,7-9,12H,1-2H3,(H,16,18)(H,20,21)(H,22,23);;;1H2/q;2*+1;/p-2/t7-,8-,9+,12-;;;/m1.../s1. The number of nitrogens with zero attached hydrogens (tertiary/aromatic N) is 1. The molecular weight excluding hydrogens is 430 g/mol. The Hall–Kier alpha value is -0.110. The maximum Gasteiger partial charge on any atom is 1.00 e. The van der Waals surface area contributed by atoms with E-state index in [4.69, 9.17) is 0 Å². The molecule has 9 nitrogen and oxygen atoms in total. The minimum Gasteiger partial charge on any atom is -0.549 e. The zero-order valence-corrected chi connectivity index (χ0v) is 21.4. The van der Waals surface area contributed by atoms with E-state index in [-0.39, 0.29) is 70.2 Å². The number of β-lactam (4-membered cyclic amide) rings is 1. The Bertz CT molecular complexity index is 760. The largest absolute Gasteiger partial charge is 1.00 e. The second kappa shape index (κ2) is 10.3. The number of hydrogen-bond acceptors (Lipinski definition) is 8. The number of thioether (sulfide) groups is 1. The number of carboxylic acid groups (broad SMARTS) is 2. The first-order chi connectivity index (χ1) is 11.6. The first-order valence-electron chi connectivity index (χ1n) is 7.39. The van der Waals surface area contributed by atoms with Crippen molar-refractivity contribution in [1.82, 2.24) is 10.2 Å². The summed E-state index contributed by atoms with van der Waals surface area (Å²) in [6, 6.07) is -0.572. The molecule has 3 rings (SSSR count). The quantitative estimate of drug-likeness (QED) is 0.267. The zero-order chi connectivity index (χ0) is 18.5. The molecule has 0 unspecified atom stereocenters. The summed E-state index contributed by atoms with van der Waals surface area (Å²) in [6.45, 7) is 3.36. The molecule has 142 valence electrons. The number of hydrogen-bond donors (Lipinski definition) is 1. The van der Waals surface area contributed by atoms with Gasteiger partial charge < -0.3 is 35.5 Å². The van der Waals surface area contributed by atoms with Crippen molar-refractivity contribution in [3.63, 3.8) is 0 Å². The van der Waals surface area contributed by atoms with Gasteiger partial charge in [-0.15, -0.1) is 11.8 Å². The molecule has 2 saturated heterocycles. The second-order valence-electron chi connectivity index (χ2n) is 6.37. The predicted molar refractivity (Wildman–Crippen MR) is 88.7 cm³/mol. The number of carbonyl (C=O) groups is 4. The minimum atomic E-state index is -1.56. The van der Waals surface area contributed by atoms with Gasteiger partial charge in [-0.1, -0.05) is 0 Å². The molecule has 2 aliphatic rings. The van der Waals surface area contributed by atoms with Gasteiger partial charge in [0, 0.05) is 4.75 Å². The van der Waals surface area contributed by atoms with Gasteiger partial charge in [-0.25, -0.2) is 0 Å². The van der Waals surface area contributed by atoms with Crippen molar-refractivity contribution in [3.05, 3.63) is 22.4 Å². The molecule has 0 aromatic carbocycles. The van der Waals surface area contributed by atoms with E-state index in [9.17, 15) is 29.4 Å². The molecule has 0 radical (unpaired) electrons. The Kier molecular flexibility index (Phi) is 10.2. The van der Waals surface area contributed by atoms with Gasteiger partial charge >= 0.3 is 59.1 Å². The monoisotopic (exact) mass is 446 g/mol. The summed E-state index contributed by atoms with van der Waals surface area (Å²) in [5, 5.41) is 27.7. The number of nitrogens with one attached hydrogen (secondary N) is 1. The molecule has 3 N–H and O–H groups in total. The van der Waals surface area contributed by atoms with Gasteiger partial charge in [0.05, 0.1) is 18.0 Å². The first-order valence-corrected chi connectivity index (χ1v) is 9.21. The van der Waals surface area contributed by atoms with Gasteiger partial charge in [-0.3, -0.25) is 9.59 Å². The third-order valence-electron chi connectivity index (χ3n) is 4.34. The smallest absolute Gasteiger partial charge is 0.549 e. The Labute approximate surface area is 213 Å². The number of fused-ring (bicyclic) bond motifs is 1. The molecule has 2 fully saturated rings. The van der Waals surface area contributed by atoms with Crippen LogP contribution in [-0.4, -0.2) is 56.3 Å². The Morgan fingerprint density at radius 2 is 1.86 bits per heavy atom. The number of aliphatic carboxylic acids is 2. The fourth-order valence-electron chi connectivity index (χ4n) is 3.20. The average Bonchev–Trinajstić information content (AvgIpc) is 3.09. The summed E-state index contributed by atoms with van der Waals surface area (Å²) in [4.78, 5) is 48.5. The maximum atomic E-state index is 12.4. The topological polar surface area (TPSA) is 161 Å². The first kappa shape index (κ1) is 27.9. The van der Waals surface area contributed by atoms with Crippen LogP contribution in [0.3, 0.4) is 0 Å². The number of carbonyl (C=O) groups excluding carboxylic acids is 4. The van der Waals surface area contributed by atoms with E-state index in [2.05, 4.69) is 5.32 Å². The van der Waals surface area contributed by atoms with Gasteiger partial charge in [0.15, 0.2) is 0 Å². The summed E-state index contributed by atoms with van der Waals surface area (Å²) in [5.41, 5.74) is 0.276. The van der Waals surface area contributed by atoms with Crippen LogP contribution in [0.2, 0.25) is 0 Å². The number of thiophene rings is 1. The van der Waals surface area contributed by atoms with Crippen LogP contribution in [0.5, 0.6) is 0 Å². The van der Waals surface area contributed by atoms with Crippen LogP contribution in [-0.2, 0) is 19.2 Å². The summed E-state index contributed by atoms with van der Waals surface area (Å²) in [6.07, 6.45) is 0. The van der Waals surface area contributed by atoms with Crippen molar-refractivity contribution in [3.8, 4) is 0 Å². The predicted octanol–water partition coefficient (Wildman–Crippen LogP) is -8.94. The van der Waals surface area contributed by atoms with Gasteiger partial charge in [0.2, 0.25) is 11.8 Å². The molecule has 0 saturated carbocycles. The van der Waals surface area contributed by atoms with Crippen LogP contribution in [0.1, 0.15) is 25.3 Å². The third-order valence-corrected chi connectivity index (χ3v) is 6.61. The van der Waals surface area contributed by atoms with Crippen molar-refractivity contribution < 1.29 is 94.0 Å². The molecule has 2 aliphatic heterocycles. The van der Waals surface area contributed by atoms with Crippen LogP contribution in [0.4, 0.5) is 0 Å². The number of amides is 2. The van der Waals surface area contributed by atoms with Gasteiger partial charge in [0.25, 0.3) is 0 Å². The van der Waals surface area contributed by atoms with E-state index in [1.165, 1.54) is 39.4 Å². The van der Waals surface area contributed by atoms with E-state index in [1.54, 1.807) is 19.2 Å². The van der Waals surface area contributed by atoms with E-state index >= 15 is 0 Å². The molecule has 0 bridgehead atoms. The van der Waals surface area contributed by atoms with E-state index in [1.807, 2.05) is 0 Å². The molecule has 3 heterocycles. The Balaban J connectivity index is 0.00000243. The van der Waals surface area contributed by atoms with Crippen LogP contribution in [0.15, 0.2) is 16.8 Å². The second-order valence-corrected chi connectivity index (χ2v) is 8.92. The maximum absolute atomic E-state index is 12.4. The van der Waals surface area contributed by atoms with Crippen LogP contribution < -0.4 is 74.6 Å². The van der Waals surface area contributed by atoms with E-state index in [0.717, 1.165) is 0 Å². The van der Waals surface area contributed by atoms with Crippen molar-refractivity contribution in [2.45, 2.75) is 42.0 Å². The molecule has 2 amide bonds. The normalized spacial score (nSPS) is 25.0. The van der Waals surface area contributed by atoms with Crippen LogP contribution >= 0.6 is 23.1 Å². The van der Waals surface area contributed by atoms with Crippen molar-refractivity contribution >= 4 is 46.9 Å². The van der Waals surface area contributed by atoms with Crippen molar-refractivity contribution in [2.24, 2.45) is 0 Å². The molecule has 0 spiro atoms. The SMILES string of the molecule is CC1(C)S[C@@H]2[C@H](NC(=O)[C@H](C(=O)[O-])c3ccsc3)C(=O)N2[C@H]1C(=O)[O-].O.[Na+].[Na+]. The Morgan fingerprint density at radius 3 is 2.32 bits per heavy atom. The fourth-order valence-corrected chi connectivity index (χ4v) is 5.50. The molecular formula is C15H16N2Na2O7S2. The van der Waals surface area contributed by atoms with Crippen LogP contribution in [0.25, 0.3) is 0 Å².